The quantitative estimate of drug-likeness (QED) is 0.666. The van der Waals surface area contributed by atoms with E-state index >= 15 is 0 Å². The minimum absolute atomic E-state index is 0.0231. The third-order valence-corrected chi connectivity index (χ3v) is 2.61. The van der Waals surface area contributed by atoms with E-state index in [1.54, 1.807) is 0 Å². The average molecular weight is 281 g/mol. The maximum atomic E-state index is 12.9. The van der Waals surface area contributed by atoms with Gasteiger partial charge in [0.15, 0.2) is 0 Å². The smallest absolute Gasteiger partial charge is 0.341 e. The van der Waals surface area contributed by atoms with Gasteiger partial charge < -0.3 is 4.90 Å². The molecule has 0 saturated heterocycles. The normalized spacial score (nSPS) is 11.4. The highest BCUT2D eigenvalue weighted by atomic mass is 32.1. The van der Waals surface area contributed by atoms with E-state index in [1.165, 1.54) is 19.2 Å². The molecule has 0 saturated carbocycles. The van der Waals surface area contributed by atoms with Crippen molar-refractivity contribution in [3.05, 3.63) is 29.6 Å². The molecule has 0 radical (unpaired) electrons. The molecule has 1 rings (SSSR count). The lowest BCUT2D eigenvalue weighted by atomic mass is 10.2. The second kappa shape index (κ2) is 5.60. The average Bonchev–Trinajstić information content (AvgIpc) is 2.27. The summed E-state index contributed by atoms with van der Waals surface area (Å²) in [4.78, 5) is 12.6. The molecule has 18 heavy (non-hydrogen) atoms. The molecule has 0 heterocycles. The molecule has 100 valence electrons. The van der Waals surface area contributed by atoms with Crippen LogP contribution in [0, 0.1) is 5.82 Å². The molecule has 0 aliphatic rings. The summed E-state index contributed by atoms with van der Waals surface area (Å²) in [5.74, 6) is -1.19. The lowest BCUT2D eigenvalue weighted by Gasteiger charge is -2.18. The first kappa shape index (κ1) is 14.8. The zero-order chi connectivity index (χ0) is 13.9. The molecule has 1 amide bonds. The first-order valence-electron chi connectivity index (χ1n) is 5.01. The zero-order valence-electron chi connectivity index (χ0n) is 9.46. The topological polar surface area (TPSA) is 20.3 Å². The SMILES string of the molecule is CN(CCC(F)(F)F)C(=O)c1ccc(F)c(S)c1. The van der Waals surface area contributed by atoms with Crippen LogP contribution in [0.25, 0.3) is 0 Å². The Morgan fingerprint density at radius 3 is 2.50 bits per heavy atom. The predicted molar refractivity (Wildman–Crippen MR) is 61.3 cm³/mol. The fraction of sp³-hybridized carbons (Fsp3) is 0.364. The van der Waals surface area contributed by atoms with Gasteiger partial charge in [0, 0.05) is 24.1 Å². The molecule has 0 spiro atoms. The second-order valence-corrected chi connectivity index (χ2v) is 4.24. The van der Waals surface area contributed by atoms with Gasteiger partial charge in [0.2, 0.25) is 0 Å². The van der Waals surface area contributed by atoms with E-state index in [9.17, 15) is 22.4 Å². The van der Waals surface area contributed by atoms with Crippen molar-refractivity contribution in [3.63, 3.8) is 0 Å². The summed E-state index contributed by atoms with van der Waals surface area (Å²) in [7, 11) is 1.26. The molecule has 0 aliphatic carbocycles. The van der Waals surface area contributed by atoms with E-state index < -0.39 is 30.9 Å². The fourth-order valence-corrected chi connectivity index (χ4v) is 1.48. The van der Waals surface area contributed by atoms with E-state index in [-0.39, 0.29) is 10.5 Å². The summed E-state index contributed by atoms with van der Waals surface area (Å²) < 4.78 is 48.9. The number of amides is 1. The van der Waals surface area contributed by atoms with Crippen molar-refractivity contribution in [3.8, 4) is 0 Å². The van der Waals surface area contributed by atoms with Gasteiger partial charge in [-0.1, -0.05) is 0 Å². The van der Waals surface area contributed by atoms with Crippen LogP contribution in [-0.4, -0.2) is 30.6 Å². The Balaban J connectivity index is 2.71. The van der Waals surface area contributed by atoms with Crippen LogP contribution in [0.3, 0.4) is 0 Å². The number of alkyl halides is 3. The lowest BCUT2D eigenvalue weighted by molar-refractivity contribution is -0.136. The number of carbonyl (C=O) groups is 1. The Morgan fingerprint density at radius 2 is 2.00 bits per heavy atom. The van der Waals surface area contributed by atoms with E-state index in [4.69, 9.17) is 0 Å². The van der Waals surface area contributed by atoms with Gasteiger partial charge >= 0.3 is 6.18 Å². The number of halogens is 4. The molecule has 7 heteroatoms. The van der Waals surface area contributed by atoms with Crippen LogP contribution in [0.4, 0.5) is 17.6 Å². The Labute approximate surface area is 107 Å². The van der Waals surface area contributed by atoms with Crippen LogP contribution < -0.4 is 0 Å². The minimum atomic E-state index is -4.31. The zero-order valence-corrected chi connectivity index (χ0v) is 10.4. The number of thiol groups is 1. The maximum absolute atomic E-state index is 12.9. The van der Waals surface area contributed by atoms with Crippen LogP contribution in [0.2, 0.25) is 0 Å². The minimum Gasteiger partial charge on any atom is -0.341 e. The largest absolute Gasteiger partial charge is 0.390 e. The molecule has 0 atom stereocenters. The Hall–Kier alpha value is -1.24. The van der Waals surface area contributed by atoms with Crippen LogP contribution in [-0.2, 0) is 0 Å². The monoisotopic (exact) mass is 281 g/mol. The molecule has 0 fully saturated rings. The third kappa shape index (κ3) is 4.21. The molecule has 1 aromatic rings. The molecule has 2 nitrogen and oxygen atoms in total. The van der Waals surface area contributed by atoms with E-state index in [2.05, 4.69) is 12.6 Å². The van der Waals surface area contributed by atoms with Crippen molar-refractivity contribution in [1.29, 1.82) is 0 Å². The van der Waals surface area contributed by atoms with Gasteiger partial charge in [-0.05, 0) is 18.2 Å². The molecule has 0 aromatic heterocycles. The first-order valence-corrected chi connectivity index (χ1v) is 5.46. The lowest BCUT2D eigenvalue weighted by Crippen LogP contribution is -2.30. The van der Waals surface area contributed by atoms with Crippen molar-refractivity contribution in [2.75, 3.05) is 13.6 Å². The van der Waals surface area contributed by atoms with Crippen molar-refractivity contribution in [1.82, 2.24) is 4.90 Å². The van der Waals surface area contributed by atoms with Gasteiger partial charge in [-0.2, -0.15) is 13.2 Å². The number of nitrogens with zero attached hydrogens (tertiary/aromatic N) is 1. The fourth-order valence-electron chi connectivity index (χ4n) is 1.26. The predicted octanol–water partition coefficient (Wildman–Crippen LogP) is 3.14. The van der Waals surface area contributed by atoms with Gasteiger partial charge in [0.25, 0.3) is 5.91 Å². The number of carbonyl (C=O) groups excluding carboxylic acids is 1. The van der Waals surface area contributed by atoms with Gasteiger partial charge in [0.05, 0.1) is 6.42 Å². The molecular formula is C11H11F4NOS. The highest BCUT2D eigenvalue weighted by molar-refractivity contribution is 7.80. The van der Waals surface area contributed by atoms with Gasteiger partial charge in [-0.25, -0.2) is 4.39 Å². The first-order chi connectivity index (χ1) is 8.20. The number of rotatable bonds is 3. The maximum Gasteiger partial charge on any atom is 0.390 e. The standard InChI is InChI=1S/C11H11F4NOS/c1-16(5-4-11(13,14)15)10(17)7-2-3-8(12)9(18)6-7/h2-3,6,18H,4-5H2,1H3. The number of hydrogen-bond donors (Lipinski definition) is 1. The summed E-state index contributed by atoms with van der Waals surface area (Å²) in [5, 5.41) is 0. The van der Waals surface area contributed by atoms with Crippen molar-refractivity contribution >= 4 is 18.5 Å². The Morgan fingerprint density at radius 1 is 1.39 bits per heavy atom. The number of hydrogen-bond acceptors (Lipinski definition) is 2. The van der Waals surface area contributed by atoms with Crippen molar-refractivity contribution in [2.45, 2.75) is 17.5 Å². The van der Waals surface area contributed by atoms with Crippen LogP contribution in [0.15, 0.2) is 23.1 Å². The highest BCUT2D eigenvalue weighted by Crippen LogP contribution is 2.20. The van der Waals surface area contributed by atoms with E-state index in [1.807, 2.05) is 0 Å². The summed E-state index contributed by atoms with van der Waals surface area (Å²) >= 11 is 3.80. The van der Waals surface area contributed by atoms with Gasteiger partial charge in [0.1, 0.15) is 5.82 Å². The Bertz CT molecular complexity index is 447. The van der Waals surface area contributed by atoms with Crippen LogP contribution >= 0.6 is 12.6 Å². The van der Waals surface area contributed by atoms with E-state index in [0.29, 0.717) is 0 Å². The molecule has 0 bridgehead atoms. The summed E-state index contributed by atoms with van der Waals surface area (Å²) in [6, 6.07) is 3.44. The summed E-state index contributed by atoms with van der Waals surface area (Å²) in [6.07, 6.45) is -5.39. The summed E-state index contributed by atoms with van der Waals surface area (Å²) in [6.45, 7) is -0.443. The highest BCUT2D eigenvalue weighted by Gasteiger charge is 2.28. The molecular weight excluding hydrogens is 270 g/mol. The number of benzene rings is 1. The molecule has 0 N–H and O–H groups in total. The summed E-state index contributed by atoms with van der Waals surface area (Å²) in [5.41, 5.74) is 0.103. The third-order valence-electron chi connectivity index (χ3n) is 2.27. The van der Waals surface area contributed by atoms with Gasteiger partial charge in [-0.3, -0.25) is 4.79 Å². The van der Waals surface area contributed by atoms with Crippen LogP contribution in [0.1, 0.15) is 16.8 Å². The van der Waals surface area contributed by atoms with E-state index in [0.717, 1.165) is 11.0 Å². The molecule has 1 aromatic carbocycles. The van der Waals surface area contributed by atoms with Gasteiger partial charge in [-0.15, -0.1) is 12.6 Å². The second-order valence-electron chi connectivity index (χ2n) is 3.76. The van der Waals surface area contributed by atoms with Crippen LogP contribution in [0.5, 0.6) is 0 Å². The van der Waals surface area contributed by atoms with Crippen molar-refractivity contribution < 1.29 is 22.4 Å². The molecule has 0 aliphatic heterocycles. The van der Waals surface area contributed by atoms with Crippen molar-refractivity contribution in [2.24, 2.45) is 0 Å². The Kier molecular flexibility index (Phi) is 4.61. The molecule has 0 unspecified atom stereocenters.